The number of nitrogens with two attached hydrogens (primary N) is 1. The molecule has 4 aromatic rings. The summed E-state index contributed by atoms with van der Waals surface area (Å²) in [5.74, 6) is 0.610. The number of aromatic nitrogens is 4. The van der Waals surface area contributed by atoms with Gasteiger partial charge in [-0.1, -0.05) is 11.3 Å². The molecule has 9 heteroatoms. The van der Waals surface area contributed by atoms with E-state index in [1.807, 2.05) is 36.0 Å². The third-order valence-corrected chi connectivity index (χ3v) is 7.55. The molecule has 4 rings (SSSR count). The van der Waals surface area contributed by atoms with E-state index in [0.717, 1.165) is 43.4 Å². The van der Waals surface area contributed by atoms with Gasteiger partial charge in [-0.3, -0.25) is 4.98 Å². The fourth-order valence-electron chi connectivity index (χ4n) is 3.12. The number of imidazole rings is 1. The van der Waals surface area contributed by atoms with Crippen LogP contribution in [0.1, 0.15) is 6.42 Å². The Bertz CT molecular complexity index is 1130. The molecule has 0 saturated heterocycles. The van der Waals surface area contributed by atoms with Crippen molar-refractivity contribution in [2.75, 3.05) is 25.2 Å². The van der Waals surface area contributed by atoms with Gasteiger partial charge in [-0.15, -0.1) is 0 Å². The van der Waals surface area contributed by atoms with Crippen LogP contribution in [0.5, 0.6) is 0 Å². The van der Waals surface area contributed by atoms with Crippen molar-refractivity contribution < 1.29 is 9.29 Å². The van der Waals surface area contributed by atoms with E-state index < -0.39 is 11.2 Å². The Morgan fingerprint density at radius 3 is 2.90 bits per heavy atom. The first-order chi connectivity index (χ1) is 14.1. The first-order valence-electron chi connectivity index (χ1n) is 9.09. The number of pyridine rings is 2. The minimum atomic E-state index is -0.954. The molecule has 0 bridgehead atoms. The summed E-state index contributed by atoms with van der Waals surface area (Å²) in [5, 5.41) is 0.842. The summed E-state index contributed by atoms with van der Waals surface area (Å²) in [5.41, 5.74) is 10.5. The lowest BCUT2D eigenvalue weighted by Crippen LogP contribution is -2.08. The van der Waals surface area contributed by atoms with Crippen LogP contribution in [-0.2, 0) is 23.0 Å². The van der Waals surface area contributed by atoms with E-state index in [1.165, 1.54) is 11.3 Å². The molecule has 0 saturated carbocycles. The van der Waals surface area contributed by atoms with Crippen LogP contribution in [0.4, 0.5) is 5.69 Å². The topological polar surface area (TPSA) is 99.1 Å². The fraction of sp³-hybridized carbons (Fsp3) is 0.250. The second-order valence-electron chi connectivity index (χ2n) is 6.62. The third kappa shape index (κ3) is 3.99. The van der Waals surface area contributed by atoms with E-state index >= 15 is 0 Å². The number of ether oxygens (including phenoxy) is 1. The summed E-state index contributed by atoms with van der Waals surface area (Å²) in [4.78, 5) is 14.3. The van der Waals surface area contributed by atoms with Gasteiger partial charge in [0.2, 0.25) is 0 Å². The van der Waals surface area contributed by atoms with Crippen LogP contribution in [0, 0.1) is 0 Å². The highest BCUT2D eigenvalue weighted by Gasteiger charge is 2.30. The fourth-order valence-corrected chi connectivity index (χ4v) is 5.78. The molecular formula is C20H22N5O2S2+. The average Bonchev–Trinajstić information content (AvgIpc) is 3.31. The van der Waals surface area contributed by atoms with E-state index in [-0.39, 0.29) is 0 Å². The molecule has 1 atom stereocenters. The quantitative estimate of drug-likeness (QED) is 0.343. The van der Waals surface area contributed by atoms with Gasteiger partial charge in [0.25, 0.3) is 4.21 Å². The zero-order valence-corrected chi connectivity index (χ0v) is 17.8. The predicted molar refractivity (Wildman–Crippen MR) is 119 cm³/mol. The van der Waals surface area contributed by atoms with E-state index in [9.17, 15) is 4.55 Å². The molecule has 0 spiro atoms. The number of hydrogen-bond acceptors (Lipinski definition) is 7. The molecule has 29 heavy (non-hydrogen) atoms. The lowest BCUT2D eigenvalue weighted by Gasteiger charge is -2.06. The molecule has 1 unspecified atom stereocenters. The Balaban J connectivity index is 1.87. The normalized spacial score (nSPS) is 12.5. The molecule has 0 aromatic carbocycles. The van der Waals surface area contributed by atoms with Gasteiger partial charge in [0.1, 0.15) is 16.3 Å². The molecule has 0 fully saturated rings. The Morgan fingerprint density at radius 2 is 2.21 bits per heavy atom. The van der Waals surface area contributed by atoms with Crippen LogP contribution >= 0.6 is 11.3 Å². The molecule has 0 aliphatic carbocycles. The smallest absolute Gasteiger partial charge is 0.269 e. The Hall–Kier alpha value is -2.46. The zero-order valence-electron chi connectivity index (χ0n) is 16.2. The largest absolute Gasteiger partial charge is 0.393 e. The van der Waals surface area contributed by atoms with Crippen LogP contribution in [0.25, 0.3) is 32.7 Å². The molecule has 4 aromatic heterocycles. The molecule has 0 aliphatic heterocycles. The second kappa shape index (κ2) is 8.50. The first kappa shape index (κ1) is 19.8. The molecular weight excluding hydrogens is 406 g/mol. The van der Waals surface area contributed by atoms with Gasteiger partial charge in [-0.2, -0.15) is 4.55 Å². The van der Waals surface area contributed by atoms with Gasteiger partial charge >= 0.3 is 0 Å². The number of hydrogen-bond donors (Lipinski definition) is 2. The van der Waals surface area contributed by atoms with Crippen molar-refractivity contribution in [2.45, 2.75) is 10.6 Å². The van der Waals surface area contributed by atoms with Crippen molar-refractivity contribution in [3.63, 3.8) is 0 Å². The number of rotatable bonds is 7. The average molecular weight is 429 g/mol. The van der Waals surface area contributed by atoms with Crippen molar-refractivity contribution in [3.05, 3.63) is 43.1 Å². The van der Waals surface area contributed by atoms with Gasteiger partial charge in [-0.05, 0) is 18.2 Å². The Kier molecular flexibility index (Phi) is 5.81. The lowest BCUT2D eigenvalue weighted by atomic mass is 10.1. The number of nitrogens with zero attached hydrogens (tertiary/aromatic N) is 4. The van der Waals surface area contributed by atoms with Crippen LogP contribution in [0.3, 0.4) is 0 Å². The molecule has 3 N–H and O–H groups in total. The highest BCUT2D eigenvalue weighted by Crippen LogP contribution is 2.43. The molecule has 0 radical (unpaired) electrons. The van der Waals surface area contributed by atoms with Crippen molar-refractivity contribution in [1.82, 2.24) is 19.5 Å². The maximum Gasteiger partial charge on any atom is 0.269 e. The summed E-state index contributed by atoms with van der Waals surface area (Å²) >= 11 is 0.491. The maximum atomic E-state index is 10.7. The zero-order chi connectivity index (χ0) is 20.4. The number of thiophene rings is 1. The summed E-state index contributed by atoms with van der Waals surface area (Å²) in [6, 6.07) is 5.86. The first-order valence-corrected chi connectivity index (χ1v) is 11.3. The highest BCUT2D eigenvalue weighted by molar-refractivity contribution is 7.93. The minimum absolute atomic E-state index is 0.583. The summed E-state index contributed by atoms with van der Waals surface area (Å²) in [6.07, 6.45) is 8.01. The standard InChI is InChI=1S/C20H22N5O2S2/c1-25-11-16(23-12-25)14-9-15(13-5-3-6-22-10-13)24-19-17(14)18(21)20(28-19)29(26)8-4-7-27-2/h3,5-6,9-12,26H,4,7-8,21H2,1-2H3/q+1. The lowest BCUT2D eigenvalue weighted by molar-refractivity contribution is 0.199. The molecule has 7 nitrogen and oxygen atoms in total. The van der Waals surface area contributed by atoms with Crippen molar-refractivity contribution >= 4 is 38.4 Å². The van der Waals surface area contributed by atoms with E-state index in [1.54, 1.807) is 25.8 Å². The summed E-state index contributed by atoms with van der Waals surface area (Å²) < 4.78 is 18.5. The second-order valence-corrected chi connectivity index (χ2v) is 9.42. The number of nitrogen functional groups attached to an aromatic ring is 1. The van der Waals surface area contributed by atoms with Crippen LogP contribution in [0.2, 0.25) is 0 Å². The van der Waals surface area contributed by atoms with E-state index in [4.69, 9.17) is 15.5 Å². The van der Waals surface area contributed by atoms with Crippen LogP contribution < -0.4 is 5.73 Å². The SMILES string of the molecule is COCCC[S+](O)c1sc2nc(-c3cccnc3)cc(-c3cn(C)cn3)c2c1N. The molecule has 0 amide bonds. The third-order valence-electron chi connectivity index (χ3n) is 4.50. The summed E-state index contributed by atoms with van der Waals surface area (Å²) in [7, 11) is 3.59. The van der Waals surface area contributed by atoms with Crippen LogP contribution in [0.15, 0.2) is 47.3 Å². The van der Waals surface area contributed by atoms with E-state index in [0.29, 0.717) is 18.0 Å². The number of anilines is 1. The monoisotopic (exact) mass is 428 g/mol. The number of methoxy groups -OCH3 is 1. The van der Waals surface area contributed by atoms with E-state index in [2.05, 4.69) is 9.97 Å². The van der Waals surface area contributed by atoms with Gasteiger partial charge in [0.05, 0.1) is 24.3 Å². The Labute approximate surface area is 175 Å². The summed E-state index contributed by atoms with van der Waals surface area (Å²) in [6.45, 7) is 0.609. The van der Waals surface area contributed by atoms with Crippen LogP contribution in [-0.4, -0.2) is 43.5 Å². The number of fused-ring (bicyclic) bond motifs is 1. The van der Waals surface area contributed by atoms with Gasteiger partial charge < -0.3 is 15.0 Å². The van der Waals surface area contributed by atoms with Gasteiger partial charge in [0.15, 0.2) is 11.2 Å². The highest BCUT2D eigenvalue weighted by atomic mass is 32.2. The van der Waals surface area contributed by atoms with Crippen molar-refractivity contribution in [2.24, 2.45) is 7.05 Å². The minimum Gasteiger partial charge on any atom is -0.393 e. The van der Waals surface area contributed by atoms with Gasteiger partial charge in [0, 0.05) is 55.7 Å². The number of aryl methyl sites for hydroxylation is 1. The predicted octanol–water partition coefficient (Wildman–Crippen LogP) is 3.83. The van der Waals surface area contributed by atoms with Gasteiger partial charge in [-0.25, -0.2) is 9.97 Å². The molecule has 0 aliphatic rings. The Morgan fingerprint density at radius 1 is 1.34 bits per heavy atom. The molecule has 4 heterocycles. The van der Waals surface area contributed by atoms with Crippen molar-refractivity contribution in [3.8, 4) is 22.5 Å². The maximum absolute atomic E-state index is 10.7. The molecule has 150 valence electrons. The van der Waals surface area contributed by atoms with Crippen molar-refractivity contribution in [1.29, 1.82) is 0 Å².